The molecule has 0 saturated carbocycles. The Balaban J connectivity index is 1.87. The van der Waals surface area contributed by atoms with Gasteiger partial charge >= 0.3 is 5.97 Å². The second kappa shape index (κ2) is 11.5. The first-order chi connectivity index (χ1) is 16.3. The molecule has 3 rings (SSSR count). The lowest BCUT2D eigenvalue weighted by atomic mass is 9.98. The van der Waals surface area contributed by atoms with Crippen LogP contribution in [0.2, 0.25) is 0 Å². The highest BCUT2D eigenvalue weighted by atomic mass is 32.2. The maximum atomic E-state index is 13.2. The minimum absolute atomic E-state index is 0.0871. The molecule has 178 valence electrons. The van der Waals surface area contributed by atoms with Gasteiger partial charge in [-0.15, -0.1) is 0 Å². The molecule has 0 aromatic heterocycles. The Kier molecular flexibility index (Phi) is 8.43. The third-order valence-electron chi connectivity index (χ3n) is 5.22. The highest BCUT2D eigenvalue weighted by Gasteiger charge is 2.26. The number of nitrogens with one attached hydrogen (secondary N) is 1. The van der Waals surface area contributed by atoms with Gasteiger partial charge < -0.3 is 14.8 Å². The van der Waals surface area contributed by atoms with Crippen LogP contribution in [0.4, 0.5) is 0 Å². The number of rotatable bonds is 10. The van der Waals surface area contributed by atoms with E-state index in [1.807, 2.05) is 60.7 Å². The summed E-state index contributed by atoms with van der Waals surface area (Å²) in [6.45, 7) is 0.365. The number of sulfone groups is 1. The lowest BCUT2D eigenvalue weighted by Crippen LogP contribution is -2.40. The summed E-state index contributed by atoms with van der Waals surface area (Å²) in [7, 11) is -2.44. The molecule has 0 aliphatic carbocycles. The number of amides is 1. The molecule has 8 heteroatoms. The van der Waals surface area contributed by atoms with Gasteiger partial charge in [0.2, 0.25) is 0 Å². The first-order valence-electron chi connectivity index (χ1n) is 10.7. The summed E-state index contributed by atoms with van der Waals surface area (Å²) in [5.41, 5.74) is 2.68. The number of methoxy groups -OCH3 is 1. The van der Waals surface area contributed by atoms with Gasteiger partial charge in [0, 0.05) is 18.2 Å². The van der Waals surface area contributed by atoms with E-state index in [1.54, 1.807) is 18.2 Å². The monoisotopic (exact) mass is 481 g/mol. The topological polar surface area (TPSA) is 98.8 Å². The molecule has 1 atom stereocenters. The Labute approximate surface area is 199 Å². The zero-order chi connectivity index (χ0) is 24.6. The number of carbonyl (C=O) groups excluding carboxylic acids is 2. The number of hydrogen-bond donors (Lipinski definition) is 1. The molecule has 1 N–H and O–H groups in total. The first kappa shape index (κ1) is 25.0. The lowest BCUT2D eigenvalue weighted by molar-refractivity contribution is -0.140. The molecule has 34 heavy (non-hydrogen) atoms. The average molecular weight is 482 g/mol. The molecule has 0 fully saturated rings. The van der Waals surface area contributed by atoms with Crippen molar-refractivity contribution in [2.75, 3.05) is 13.4 Å². The van der Waals surface area contributed by atoms with E-state index in [9.17, 15) is 18.0 Å². The molecule has 0 radical (unpaired) electrons. The van der Waals surface area contributed by atoms with E-state index in [1.165, 1.54) is 7.11 Å². The van der Waals surface area contributed by atoms with Gasteiger partial charge in [0.15, 0.2) is 9.84 Å². The fourth-order valence-electron chi connectivity index (χ4n) is 3.38. The number of benzene rings is 3. The Hall–Kier alpha value is -3.65. The standard InChI is InChI=1S/C26H27NO6S/c1-32-25(28)16-15-24(34(2,30)31)27-26(29)22-14-13-21(33-18-19-9-5-3-6-10-19)17-23(22)20-11-7-4-8-12-20/h3-14,17,24H,15-16,18H2,1-2H3,(H,27,29). The maximum absolute atomic E-state index is 13.2. The van der Waals surface area contributed by atoms with Crippen LogP contribution >= 0.6 is 0 Å². The fraction of sp³-hybridized carbons (Fsp3) is 0.231. The number of carbonyl (C=O) groups is 2. The summed E-state index contributed by atoms with van der Waals surface area (Å²) in [5.74, 6) is -0.536. The van der Waals surface area contributed by atoms with Crippen molar-refractivity contribution in [2.45, 2.75) is 24.8 Å². The van der Waals surface area contributed by atoms with Crippen LogP contribution in [0.15, 0.2) is 78.9 Å². The molecular formula is C26H27NO6S. The molecule has 0 aliphatic heterocycles. The van der Waals surface area contributed by atoms with Crippen molar-refractivity contribution in [1.82, 2.24) is 5.32 Å². The van der Waals surface area contributed by atoms with E-state index in [0.29, 0.717) is 23.5 Å². The highest BCUT2D eigenvalue weighted by Crippen LogP contribution is 2.29. The third kappa shape index (κ3) is 6.92. The van der Waals surface area contributed by atoms with Crippen molar-refractivity contribution in [2.24, 2.45) is 0 Å². The lowest BCUT2D eigenvalue weighted by Gasteiger charge is -2.18. The van der Waals surface area contributed by atoms with Gasteiger partial charge in [-0.1, -0.05) is 60.7 Å². The van der Waals surface area contributed by atoms with E-state index in [2.05, 4.69) is 10.1 Å². The minimum Gasteiger partial charge on any atom is -0.489 e. The maximum Gasteiger partial charge on any atom is 0.305 e. The van der Waals surface area contributed by atoms with Crippen LogP contribution in [0.1, 0.15) is 28.8 Å². The van der Waals surface area contributed by atoms with E-state index in [0.717, 1.165) is 17.4 Å². The van der Waals surface area contributed by atoms with Crippen LogP contribution < -0.4 is 10.1 Å². The molecule has 0 saturated heterocycles. The van der Waals surface area contributed by atoms with Crippen molar-refractivity contribution >= 4 is 21.7 Å². The van der Waals surface area contributed by atoms with Crippen molar-refractivity contribution in [3.63, 3.8) is 0 Å². The molecule has 0 bridgehead atoms. The third-order valence-corrected chi connectivity index (χ3v) is 6.60. The molecule has 1 unspecified atom stereocenters. The predicted molar refractivity (Wildman–Crippen MR) is 130 cm³/mol. The molecule has 7 nitrogen and oxygen atoms in total. The van der Waals surface area contributed by atoms with Gasteiger partial charge in [0.25, 0.3) is 5.91 Å². The van der Waals surface area contributed by atoms with E-state index in [-0.39, 0.29) is 12.8 Å². The summed E-state index contributed by atoms with van der Waals surface area (Å²) in [4.78, 5) is 24.7. The zero-order valence-electron chi connectivity index (χ0n) is 19.1. The Morgan fingerprint density at radius 2 is 1.59 bits per heavy atom. The van der Waals surface area contributed by atoms with Crippen LogP contribution in [-0.4, -0.2) is 39.0 Å². The van der Waals surface area contributed by atoms with E-state index >= 15 is 0 Å². The average Bonchev–Trinajstić information content (AvgIpc) is 2.85. The molecule has 0 heterocycles. The van der Waals surface area contributed by atoms with Crippen LogP contribution in [0.5, 0.6) is 5.75 Å². The van der Waals surface area contributed by atoms with Gasteiger partial charge in [-0.2, -0.15) is 0 Å². The largest absolute Gasteiger partial charge is 0.489 e. The Bertz CT molecular complexity index is 1230. The molecule has 0 spiro atoms. The SMILES string of the molecule is COC(=O)CCC(NC(=O)c1ccc(OCc2ccccc2)cc1-c1ccccc1)S(C)(=O)=O. The van der Waals surface area contributed by atoms with Crippen LogP contribution in [0, 0.1) is 0 Å². The van der Waals surface area contributed by atoms with E-state index < -0.39 is 27.1 Å². The normalized spacial score (nSPS) is 11.9. The van der Waals surface area contributed by atoms with Gasteiger partial charge in [-0.25, -0.2) is 8.42 Å². The van der Waals surface area contributed by atoms with Crippen LogP contribution in [0.3, 0.4) is 0 Å². The van der Waals surface area contributed by atoms with Crippen molar-refractivity contribution in [1.29, 1.82) is 0 Å². The molecule has 0 aliphatic rings. The predicted octanol–water partition coefficient (Wildman–Crippen LogP) is 3.99. The van der Waals surface area contributed by atoms with Gasteiger partial charge in [-0.3, -0.25) is 9.59 Å². The second-order valence-corrected chi connectivity index (χ2v) is 9.98. The number of ether oxygens (including phenoxy) is 2. The molecule has 3 aromatic rings. The molecule has 3 aromatic carbocycles. The first-order valence-corrected chi connectivity index (χ1v) is 12.7. The smallest absolute Gasteiger partial charge is 0.305 e. The summed E-state index contributed by atoms with van der Waals surface area (Å²) < 4.78 is 35.0. The van der Waals surface area contributed by atoms with Gasteiger partial charge in [-0.05, 0) is 41.3 Å². The summed E-state index contributed by atoms with van der Waals surface area (Å²) >= 11 is 0. The summed E-state index contributed by atoms with van der Waals surface area (Å²) in [6.07, 6.45) is 0.802. The quantitative estimate of drug-likeness (QED) is 0.440. The van der Waals surface area contributed by atoms with Crippen molar-refractivity contribution in [3.8, 4) is 16.9 Å². The fourth-order valence-corrected chi connectivity index (χ4v) is 4.24. The number of esters is 1. The summed E-state index contributed by atoms with van der Waals surface area (Å²) in [5, 5.41) is 1.34. The molecular weight excluding hydrogens is 454 g/mol. The van der Waals surface area contributed by atoms with Gasteiger partial charge in [0.1, 0.15) is 17.7 Å². The Morgan fingerprint density at radius 3 is 2.21 bits per heavy atom. The molecule has 1 amide bonds. The highest BCUT2D eigenvalue weighted by molar-refractivity contribution is 7.91. The van der Waals surface area contributed by atoms with Gasteiger partial charge in [0.05, 0.1) is 7.11 Å². The summed E-state index contributed by atoms with van der Waals surface area (Å²) in [6, 6.07) is 24.0. The van der Waals surface area contributed by atoms with Crippen LogP contribution in [0.25, 0.3) is 11.1 Å². The minimum atomic E-state index is -3.66. The van der Waals surface area contributed by atoms with Crippen molar-refractivity contribution < 1.29 is 27.5 Å². The van der Waals surface area contributed by atoms with Crippen molar-refractivity contribution in [3.05, 3.63) is 90.0 Å². The second-order valence-electron chi connectivity index (χ2n) is 7.75. The Morgan fingerprint density at radius 1 is 0.941 bits per heavy atom. The zero-order valence-corrected chi connectivity index (χ0v) is 19.9. The van der Waals surface area contributed by atoms with E-state index in [4.69, 9.17) is 4.74 Å². The number of hydrogen-bond acceptors (Lipinski definition) is 6. The van der Waals surface area contributed by atoms with Crippen LogP contribution in [-0.2, 0) is 26.0 Å².